The Labute approximate surface area is 204 Å². The van der Waals surface area contributed by atoms with Crippen molar-refractivity contribution >= 4 is 5.69 Å². The molecule has 3 aliphatic heterocycles. The molecule has 34 heavy (non-hydrogen) atoms. The van der Waals surface area contributed by atoms with E-state index in [2.05, 4.69) is 63.8 Å². The summed E-state index contributed by atoms with van der Waals surface area (Å²) in [6.45, 7) is 9.65. The zero-order valence-corrected chi connectivity index (χ0v) is 20.7. The topological polar surface area (TPSA) is 50.8 Å². The number of aliphatic hydroxyl groups excluding tert-OH is 1. The number of fused-ring (bicyclic) bond motifs is 1. The van der Waals surface area contributed by atoms with E-state index in [1.54, 1.807) is 0 Å². The van der Waals surface area contributed by atoms with Crippen LogP contribution in [0.15, 0.2) is 36.4 Å². The molecule has 182 valence electrons. The first-order valence-electron chi connectivity index (χ1n) is 13.4. The Morgan fingerprint density at radius 2 is 1.97 bits per heavy atom. The van der Waals surface area contributed by atoms with E-state index in [0.29, 0.717) is 11.5 Å². The van der Waals surface area contributed by atoms with Crippen LogP contribution in [0, 0.1) is 12.3 Å². The molecule has 6 rings (SSSR count). The van der Waals surface area contributed by atoms with E-state index in [4.69, 9.17) is 0 Å². The molecular weight excluding hydrogens is 420 g/mol. The Balaban J connectivity index is 1.08. The average Bonchev–Trinajstić information content (AvgIpc) is 3.45. The number of piperidine rings is 1. The highest BCUT2D eigenvalue weighted by atomic mass is 16.3. The third kappa shape index (κ3) is 4.28. The molecular formula is C29H40N4O. The van der Waals surface area contributed by atoms with E-state index in [0.717, 1.165) is 50.4 Å². The van der Waals surface area contributed by atoms with Gasteiger partial charge in [0.25, 0.3) is 0 Å². The summed E-state index contributed by atoms with van der Waals surface area (Å²) in [4.78, 5) is 4.91. The van der Waals surface area contributed by atoms with Crippen molar-refractivity contribution < 1.29 is 5.11 Å². The van der Waals surface area contributed by atoms with Gasteiger partial charge in [0, 0.05) is 56.6 Å². The molecule has 2 atom stereocenters. The van der Waals surface area contributed by atoms with Crippen molar-refractivity contribution in [3.05, 3.63) is 64.2 Å². The number of hydrogen-bond acceptors (Lipinski definition) is 5. The number of likely N-dealkylation sites (tertiary alicyclic amines) is 1. The van der Waals surface area contributed by atoms with Gasteiger partial charge < -0.3 is 15.7 Å². The molecule has 2 aromatic carbocycles. The van der Waals surface area contributed by atoms with Crippen LogP contribution in [0.4, 0.5) is 5.69 Å². The monoisotopic (exact) mass is 460 g/mol. The van der Waals surface area contributed by atoms with Gasteiger partial charge in [0.2, 0.25) is 0 Å². The lowest BCUT2D eigenvalue weighted by atomic mass is 9.78. The minimum atomic E-state index is -0.493. The van der Waals surface area contributed by atoms with Crippen molar-refractivity contribution in [2.24, 2.45) is 5.41 Å². The summed E-state index contributed by atoms with van der Waals surface area (Å²) in [5, 5.41) is 18.2. The Morgan fingerprint density at radius 3 is 2.74 bits per heavy atom. The molecule has 4 aliphatic rings. The molecule has 0 radical (unpaired) electrons. The van der Waals surface area contributed by atoms with Gasteiger partial charge in [0.15, 0.2) is 0 Å². The second kappa shape index (κ2) is 9.27. The van der Waals surface area contributed by atoms with Gasteiger partial charge in [-0.1, -0.05) is 43.2 Å². The molecule has 2 unspecified atom stereocenters. The molecule has 1 saturated carbocycles. The first kappa shape index (κ1) is 22.5. The number of hydrogen-bond donors (Lipinski definition) is 3. The van der Waals surface area contributed by atoms with Gasteiger partial charge in [-0.25, -0.2) is 0 Å². The second-order valence-electron chi connectivity index (χ2n) is 11.4. The van der Waals surface area contributed by atoms with Crippen LogP contribution in [-0.2, 0) is 19.6 Å². The van der Waals surface area contributed by atoms with Gasteiger partial charge in [-0.05, 0) is 72.9 Å². The van der Waals surface area contributed by atoms with Gasteiger partial charge in [0.1, 0.15) is 6.23 Å². The van der Waals surface area contributed by atoms with Gasteiger partial charge in [0.05, 0.1) is 0 Å². The highest BCUT2D eigenvalue weighted by Gasteiger charge is 2.44. The molecule has 5 nitrogen and oxygen atoms in total. The number of benzene rings is 2. The Bertz CT molecular complexity index is 1020. The molecule has 3 heterocycles. The molecule has 3 fully saturated rings. The number of nitrogens with one attached hydrogen (secondary N) is 2. The molecule has 1 aliphatic carbocycles. The Morgan fingerprint density at radius 1 is 1.12 bits per heavy atom. The number of rotatable bonds is 6. The Hall–Kier alpha value is -1.92. The SMILES string of the molecule is Cc1cc(CNc2cccc3c2CN(C2CCCNC2)C3O)ccc1CN1CC2(CCCC2)C1. The first-order chi connectivity index (χ1) is 16.6. The van der Waals surface area contributed by atoms with E-state index in [-0.39, 0.29) is 0 Å². The molecule has 3 N–H and O–H groups in total. The van der Waals surface area contributed by atoms with Gasteiger partial charge in [-0.3, -0.25) is 9.80 Å². The summed E-state index contributed by atoms with van der Waals surface area (Å²) in [5.41, 5.74) is 8.34. The predicted octanol–water partition coefficient (Wildman–Crippen LogP) is 4.54. The van der Waals surface area contributed by atoms with Crippen LogP contribution in [0.2, 0.25) is 0 Å². The number of nitrogens with zero attached hydrogens (tertiary/aromatic N) is 2. The van der Waals surface area contributed by atoms with Crippen molar-refractivity contribution in [1.29, 1.82) is 0 Å². The van der Waals surface area contributed by atoms with Crippen molar-refractivity contribution in [1.82, 2.24) is 15.1 Å². The van der Waals surface area contributed by atoms with Crippen molar-refractivity contribution in [2.75, 3.05) is 31.5 Å². The number of aryl methyl sites for hydroxylation is 1. The third-order valence-electron chi connectivity index (χ3n) is 8.95. The van der Waals surface area contributed by atoms with E-state index >= 15 is 0 Å². The fourth-order valence-electron chi connectivity index (χ4n) is 7.02. The van der Waals surface area contributed by atoms with Crippen LogP contribution in [-0.4, -0.2) is 47.1 Å². The maximum atomic E-state index is 11.0. The second-order valence-corrected chi connectivity index (χ2v) is 11.4. The van der Waals surface area contributed by atoms with Crippen molar-refractivity contribution in [2.45, 2.75) is 77.4 Å². The van der Waals surface area contributed by atoms with Crippen LogP contribution < -0.4 is 10.6 Å². The van der Waals surface area contributed by atoms with E-state index in [1.165, 1.54) is 67.4 Å². The molecule has 2 aromatic rings. The van der Waals surface area contributed by atoms with Crippen LogP contribution in [0.1, 0.15) is 72.6 Å². The molecule has 0 aromatic heterocycles. The Kier molecular flexibility index (Phi) is 6.14. The maximum absolute atomic E-state index is 11.0. The van der Waals surface area contributed by atoms with Crippen molar-refractivity contribution in [3.63, 3.8) is 0 Å². The van der Waals surface area contributed by atoms with E-state index in [1.807, 2.05) is 0 Å². The molecule has 0 amide bonds. The fraction of sp³-hybridized carbons (Fsp3) is 0.586. The summed E-state index contributed by atoms with van der Waals surface area (Å²) in [6.07, 6.45) is 7.62. The van der Waals surface area contributed by atoms with Crippen molar-refractivity contribution in [3.8, 4) is 0 Å². The van der Waals surface area contributed by atoms with Crippen LogP contribution >= 0.6 is 0 Å². The fourth-order valence-corrected chi connectivity index (χ4v) is 7.02. The summed E-state index contributed by atoms with van der Waals surface area (Å²) in [6, 6.07) is 13.7. The minimum Gasteiger partial charge on any atom is -0.381 e. The largest absolute Gasteiger partial charge is 0.381 e. The number of anilines is 1. The van der Waals surface area contributed by atoms with Gasteiger partial charge in [-0.2, -0.15) is 0 Å². The zero-order valence-electron chi connectivity index (χ0n) is 20.7. The highest BCUT2D eigenvalue weighted by Crippen LogP contribution is 2.46. The predicted molar refractivity (Wildman–Crippen MR) is 138 cm³/mol. The van der Waals surface area contributed by atoms with Crippen LogP contribution in [0.5, 0.6) is 0 Å². The molecule has 1 spiro atoms. The summed E-state index contributed by atoms with van der Waals surface area (Å²) in [5.74, 6) is 0. The quantitative estimate of drug-likeness (QED) is 0.591. The normalized spacial score (nSPS) is 26.5. The summed E-state index contributed by atoms with van der Waals surface area (Å²) < 4.78 is 0. The van der Waals surface area contributed by atoms with Crippen LogP contribution in [0.3, 0.4) is 0 Å². The van der Waals surface area contributed by atoms with E-state index < -0.39 is 6.23 Å². The minimum absolute atomic E-state index is 0.411. The lowest BCUT2D eigenvalue weighted by Gasteiger charge is -2.48. The van der Waals surface area contributed by atoms with Gasteiger partial charge in [-0.15, -0.1) is 0 Å². The van der Waals surface area contributed by atoms with Gasteiger partial charge >= 0.3 is 0 Å². The summed E-state index contributed by atoms with van der Waals surface area (Å²) >= 11 is 0. The zero-order chi connectivity index (χ0) is 23.1. The summed E-state index contributed by atoms with van der Waals surface area (Å²) in [7, 11) is 0. The van der Waals surface area contributed by atoms with Crippen LogP contribution in [0.25, 0.3) is 0 Å². The average molecular weight is 461 g/mol. The molecule has 0 bridgehead atoms. The molecule has 2 saturated heterocycles. The number of aliphatic hydroxyl groups is 1. The van der Waals surface area contributed by atoms with E-state index in [9.17, 15) is 5.11 Å². The standard InChI is InChI=1S/C29H40N4O/c1-21-14-22(9-10-23(21)17-32-19-29(20-32)11-2-3-12-29)15-31-27-8-4-7-25-26(27)18-33(28(25)34)24-6-5-13-30-16-24/h4,7-10,14,24,28,30-31,34H,2-3,5-6,11-13,15-20H2,1H3. The molecule has 5 heteroatoms. The lowest BCUT2D eigenvalue weighted by molar-refractivity contribution is -0.0228. The highest BCUT2D eigenvalue weighted by molar-refractivity contribution is 5.57. The smallest absolute Gasteiger partial charge is 0.134 e. The lowest BCUT2D eigenvalue weighted by Crippen LogP contribution is -2.54. The maximum Gasteiger partial charge on any atom is 0.134 e. The first-order valence-corrected chi connectivity index (χ1v) is 13.4. The third-order valence-corrected chi connectivity index (χ3v) is 8.95.